The number of hydrogen-bond acceptors (Lipinski definition) is 8. The Morgan fingerprint density at radius 2 is 2.05 bits per heavy atom. The first-order valence-electron chi connectivity index (χ1n) is 12.3. The molecule has 0 saturated carbocycles. The number of piperidine rings is 1. The van der Waals surface area contributed by atoms with Gasteiger partial charge in [-0.05, 0) is 44.4 Å². The molecular formula is C25H28ClN7O4S. The second-order valence-corrected chi connectivity index (χ2v) is 12.1. The summed E-state index contributed by atoms with van der Waals surface area (Å²) in [4.78, 5) is 22.2. The molecule has 2 aliphatic rings. The maximum atomic E-state index is 13.8. The highest BCUT2D eigenvalue weighted by molar-refractivity contribution is 7.92. The summed E-state index contributed by atoms with van der Waals surface area (Å²) in [7, 11) is -3.61. The van der Waals surface area contributed by atoms with Crippen LogP contribution in [0.15, 0.2) is 30.5 Å². The van der Waals surface area contributed by atoms with E-state index in [4.69, 9.17) is 21.7 Å². The third-order valence-electron chi connectivity index (χ3n) is 6.99. The number of aromatic nitrogens is 3. The molecule has 0 radical (unpaired) electrons. The van der Waals surface area contributed by atoms with E-state index >= 15 is 0 Å². The average Bonchev–Trinajstić information content (AvgIpc) is 3.45. The summed E-state index contributed by atoms with van der Waals surface area (Å²) >= 11 is 6.18. The van der Waals surface area contributed by atoms with Crippen LogP contribution in [0.1, 0.15) is 46.9 Å². The van der Waals surface area contributed by atoms with Crippen LogP contribution in [0, 0.1) is 24.2 Å². The number of sulfonamides is 1. The normalized spacial score (nSPS) is 22.0. The number of β-amino-alcohol motifs (C(OH)–C–C–N with tert-alkyl or cyclic N) is 1. The van der Waals surface area contributed by atoms with Gasteiger partial charge in [-0.25, -0.2) is 17.9 Å². The van der Waals surface area contributed by atoms with Crippen LogP contribution in [0.5, 0.6) is 0 Å². The number of amides is 1. The Bertz CT molecular complexity index is 1550. The number of carbonyl (C=O) groups excluding carboxylic acids is 1. The number of rotatable bonds is 5. The van der Waals surface area contributed by atoms with Crippen LogP contribution in [0.2, 0.25) is 5.02 Å². The van der Waals surface area contributed by atoms with Crippen LogP contribution >= 0.6 is 11.6 Å². The van der Waals surface area contributed by atoms with Crippen molar-refractivity contribution in [2.24, 2.45) is 5.92 Å². The molecule has 3 atom stereocenters. The minimum absolute atomic E-state index is 0.173. The number of aliphatic hydroxyl groups is 1. The Morgan fingerprint density at radius 3 is 2.76 bits per heavy atom. The van der Waals surface area contributed by atoms with E-state index in [-0.39, 0.29) is 23.2 Å². The number of nitriles is 1. The van der Waals surface area contributed by atoms with Crippen molar-refractivity contribution >= 4 is 44.7 Å². The summed E-state index contributed by atoms with van der Waals surface area (Å²) in [6.07, 6.45) is 4.57. The van der Waals surface area contributed by atoms with Crippen LogP contribution in [-0.2, 0) is 10.0 Å². The molecule has 3 aromatic rings. The van der Waals surface area contributed by atoms with Gasteiger partial charge in [0, 0.05) is 42.5 Å². The van der Waals surface area contributed by atoms with Crippen molar-refractivity contribution in [2.75, 3.05) is 35.5 Å². The highest BCUT2D eigenvalue weighted by atomic mass is 35.5. The first-order valence-corrected chi connectivity index (χ1v) is 14.6. The van der Waals surface area contributed by atoms with E-state index in [1.165, 1.54) is 18.2 Å². The number of carbonyl (C=O) groups is 1. The SMILES string of the molecule is Cc1cn2nc(C3CCCCN3C(=O)c3cc(Cl)ccc3NS(C)(=O)=O)cc2nc1N1CC(O)C(C#N)C1. The maximum Gasteiger partial charge on any atom is 0.256 e. The molecule has 1 amide bonds. The Morgan fingerprint density at radius 1 is 1.26 bits per heavy atom. The molecule has 3 unspecified atom stereocenters. The summed E-state index contributed by atoms with van der Waals surface area (Å²) in [5.74, 6) is -0.116. The van der Waals surface area contributed by atoms with Crippen LogP contribution in [0.4, 0.5) is 11.5 Å². The van der Waals surface area contributed by atoms with Gasteiger partial charge in [-0.15, -0.1) is 0 Å². The van der Waals surface area contributed by atoms with Crippen molar-refractivity contribution in [1.29, 1.82) is 5.26 Å². The van der Waals surface area contributed by atoms with Gasteiger partial charge in [-0.2, -0.15) is 10.4 Å². The van der Waals surface area contributed by atoms with E-state index in [9.17, 15) is 23.6 Å². The molecule has 2 fully saturated rings. The summed E-state index contributed by atoms with van der Waals surface area (Å²) in [5.41, 5.74) is 2.47. The summed E-state index contributed by atoms with van der Waals surface area (Å²) in [6, 6.07) is 8.16. The van der Waals surface area contributed by atoms with Crippen LogP contribution in [0.25, 0.3) is 5.65 Å². The third kappa shape index (κ3) is 5.14. The molecule has 1 aromatic carbocycles. The van der Waals surface area contributed by atoms with E-state index in [0.717, 1.165) is 24.7 Å². The molecule has 2 aliphatic heterocycles. The number of nitrogens with one attached hydrogen (secondary N) is 1. The predicted octanol–water partition coefficient (Wildman–Crippen LogP) is 2.75. The van der Waals surface area contributed by atoms with E-state index in [1.54, 1.807) is 9.42 Å². The smallest absolute Gasteiger partial charge is 0.256 e. The molecule has 0 aliphatic carbocycles. The van der Waals surface area contributed by atoms with Crippen molar-refractivity contribution in [3.8, 4) is 6.07 Å². The van der Waals surface area contributed by atoms with Gasteiger partial charge >= 0.3 is 0 Å². The van der Waals surface area contributed by atoms with Crippen LogP contribution < -0.4 is 9.62 Å². The van der Waals surface area contributed by atoms with E-state index in [0.29, 0.717) is 48.2 Å². The molecule has 0 bridgehead atoms. The number of aryl methyl sites for hydroxylation is 1. The van der Waals surface area contributed by atoms with Crippen molar-refractivity contribution in [3.63, 3.8) is 0 Å². The number of fused-ring (bicyclic) bond motifs is 1. The lowest BCUT2D eigenvalue weighted by molar-refractivity contribution is 0.0607. The number of nitrogens with zero attached hydrogens (tertiary/aromatic N) is 6. The molecule has 13 heteroatoms. The predicted molar refractivity (Wildman–Crippen MR) is 143 cm³/mol. The maximum absolute atomic E-state index is 13.8. The number of hydrogen-bond donors (Lipinski definition) is 2. The molecule has 2 aromatic heterocycles. The molecule has 2 N–H and O–H groups in total. The van der Waals surface area contributed by atoms with E-state index < -0.39 is 22.0 Å². The van der Waals surface area contributed by atoms with Gasteiger partial charge in [0.2, 0.25) is 10.0 Å². The number of aliphatic hydroxyl groups excluding tert-OH is 1. The highest BCUT2D eigenvalue weighted by Gasteiger charge is 2.34. The van der Waals surface area contributed by atoms with E-state index in [2.05, 4.69) is 10.8 Å². The summed E-state index contributed by atoms with van der Waals surface area (Å²) < 4.78 is 27.9. The van der Waals surface area contributed by atoms with Crippen molar-refractivity contribution in [3.05, 3.63) is 52.3 Å². The Kier molecular flexibility index (Phi) is 6.94. The number of benzene rings is 1. The molecule has 0 spiro atoms. The van der Waals surface area contributed by atoms with Crippen molar-refractivity contribution < 1.29 is 18.3 Å². The number of halogens is 1. The number of likely N-dealkylation sites (tertiary alicyclic amines) is 1. The molecule has 4 heterocycles. The first-order chi connectivity index (χ1) is 18.0. The minimum Gasteiger partial charge on any atom is -0.390 e. The van der Waals surface area contributed by atoms with Gasteiger partial charge in [0.25, 0.3) is 5.91 Å². The quantitative estimate of drug-likeness (QED) is 0.487. The van der Waals surface area contributed by atoms with Gasteiger partial charge in [-0.3, -0.25) is 9.52 Å². The van der Waals surface area contributed by atoms with Gasteiger partial charge in [0.1, 0.15) is 5.82 Å². The van der Waals surface area contributed by atoms with Gasteiger partial charge in [0.05, 0.1) is 47.3 Å². The van der Waals surface area contributed by atoms with Crippen LogP contribution in [-0.4, -0.2) is 70.9 Å². The first kappa shape index (κ1) is 26.2. The molecular weight excluding hydrogens is 530 g/mol. The lowest BCUT2D eigenvalue weighted by Gasteiger charge is -2.35. The van der Waals surface area contributed by atoms with Gasteiger partial charge in [-0.1, -0.05) is 11.6 Å². The topological polar surface area (TPSA) is 144 Å². The Hall–Kier alpha value is -3.40. The largest absolute Gasteiger partial charge is 0.390 e. The fraction of sp³-hybridized carbons (Fsp3) is 0.440. The molecule has 5 rings (SSSR count). The monoisotopic (exact) mass is 557 g/mol. The molecule has 2 saturated heterocycles. The fourth-order valence-electron chi connectivity index (χ4n) is 5.21. The second-order valence-electron chi connectivity index (χ2n) is 9.90. The van der Waals surface area contributed by atoms with Gasteiger partial charge in [0.15, 0.2) is 5.65 Å². The lowest BCUT2D eigenvalue weighted by atomic mass is 9.98. The number of anilines is 2. The summed E-state index contributed by atoms with van der Waals surface area (Å²) in [6.45, 7) is 3.12. The zero-order valence-electron chi connectivity index (χ0n) is 21.0. The van der Waals surface area contributed by atoms with Crippen molar-refractivity contribution in [1.82, 2.24) is 19.5 Å². The third-order valence-corrected chi connectivity index (χ3v) is 7.82. The Balaban J connectivity index is 1.48. The van der Waals surface area contributed by atoms with Crippen molar-refractivity contribution in [2.45, 2.75) is 38.3 Å². The molecule has 11 nitrogen and oxygen atoms in total. The fourth-order valence-corrected chi connectivity index (χ4v) is 5.96. The highest BCUT2D eigenvalue weighted by Crippen LogP contribution is 2.34. The molecule has 200 valence electrons. The standard InChI is InChI=1S/C25H28ClN7O4S/c1-15-12-33-23(28-24(15)31-13-16(11-27)22(34)14-31)10-20(29-33)21-5-3-4-8-32(21)25(35)18-9-17(26)6-7-19(18)30-38(2,36)37/h6-7,9-10,12,16,21-22,30,34H,3-5,8,13-14H2,1-2H3. The zero-order chi connectivity index (χ0) is 27.2. The van der Waals surface area contributed by atoms with Crippen LogP contribution in [0.3, 0.4) is 0 Å². The summed E-state index contributed by atoms with van der Waals surface area (Å²) in [5, 5.41) is 24.5. The van der Waals surface area contributed by atoms with Gasteiger partial charge < -0.3 is 14.9 Å². The second kappa shape index (κ2) is 10.1. The molecule has 38 heavy (non-hydrogen) atoms. The lowest BCUT2D eigenvalue weighted by Crippen LogP contribution is -2.39. The average molecular weight is 558 g/mol. The Labute approximate surface area is 225 Å². The van der Waals surface area contributed by atoms with E-state index in [1.807, 2.05) is 24.1 Å². The minimum atomic E-state index is -3.61. The zero-order valence-corrected chi connectivity index (χ0v) is 22.6.